The zero-order valence-corrected chi connectivity index (χ0v) is 17.1. The molecule has 0 aromatic heterocycles. The quantitative estimate of drug-likeness (QED) is 0.550. The molecule has 1 heterocycles. The molecule has 0 radical (unpaired) electrons. The number of methoxy groups -OCH3 is 3. The second-order valence-electron chi connectivity index (χ2n) is 6.21. The maximum atomic E-state index is 13.0. The first-order chi connectivity index (χ1) is 13.5. The van der Waals surface area contributed by atoms with Crippen LogP contribution >= 0.6 is 12.2 Å². The number of carbonyl (C=O) groups excluding carboxylic acids is 1. The maximum absolute atomic E-state index is 13.0. The lowest BCUT2D eigenvalue weighted by atomic mass is 10.1. The Bertz CT molecular complexity index is 902. The SMILES string of the molecule is COc1cc(/C=C2\C(=O)N(Cc3ccccc3)C(=S)N2C)cc(OC)c1OC. The summed E-state index contributed by atoms with van der Waals surface area (Å²) in [6.45, 7) is 0.426. The fourth-order valence-electron chi connectivity index (χ4n) is 3.06. The minimum absolute atomic E-state index is 0.148. The van der Waals surface area contributed by atoms with E-state index in [1.807, 2.05) is 30.3 Å². The third-order valence-electron chi connectivity index (χ3n) is 4.52. The lowest BCUT2D eigenvalue weighted by molar-refractivity contribution is -0.122. The average Bonchev–Trinajstić information content (AvgIpc) is 2.92. The lowest BCUT2D eigenvalue weighted by Crippen LogP contribution is -2.30. The van der Waals surface area contributed by atoms with Gasteiger partial charge in [0.05, 0.1) is 27.9 Å². The van der Waals surface area contributed by atoms with E-state index >= 15 is 0 Å². The van der Waals surface area contributed by atoms with Gasteiger partial charge < -0.3 is 19.1 Å². The van der Waals surface area contributed by atoms with Crippen molar-refractivity contribution in [1.82, 2.24) is 9.80 Å². The predicted molar refractivity (Wildman–Crippen MR) is 111 cm³/mol. The number of thiocarbonyl (C=S) groups is 1. The largest absolute Gasteiger partial charge is 0.493 e. The molecule has 0 N–H and O–H groups in total. The van der Waals surface area contributed by atoms with Gasteiger partial charge in [-0.3, -0.25) is 9.69 Å². The van der Waals surface area contributed by atoms with Gasteiger partial charge in [-0.25, -0.2) is 0 Å². The summed E-state index contributed by atoms with van der Waals surface area (Å²) >= 11 is 5.49. The molecule has 7 heteroatoms. The van der Waals surface area contributed by atoms with Crippen LogP contribution in [0.5, 0.6) is 17.2 Å². The van der Waals surface area contributed by atoms with E-state index in [4.69, 9.17) is 26.4 Å². The number of likely N-dealkylation sites (N-methyl/N-ethyl adjacent to an activating group) is 1. The Labute approximate surface area is 169 Å². The van der Waals surface area contributed by atoms with Crippen molar-refractivity contribution in [2.75, 3.05) is 28.4 Å². The van der Waals surface area contributed by atoms with E-state index in [1.165, 1.54) is 0 Å². The zero-order chi connectivity index (χ0) is 20.3. The van der Waals surface area contributed by atoms with Crippen molar-refractivity contribution >= 4 is 29.3 Å². The molecule has 146 valence electrons. The number of carbonyl (C=O) groups is 1. The minimum Gasteiger partial charge on any atom is -0.493 e. The highest BCUT2D eigenvalue weighted by molar-refractivity contribution is 7.80. The number of hydrogen-bond acceptors (Lipinski definition) is 5. The van der Waals surface area contributed by atoms with Gasteiger partial charge in [-0.05, 0) is 41.6 Å². The third kappa shape index (κ3) is 3.66. The average molecular weight is 398 g/mol. The van der Waals surface area contributed by atoms with Gasteiger partial charge in [0.2, 0.25) is 5.75 Å². The molecule has 2 aromatic rings. The van der Waals surface area contributed by atoms with Gasteiger partial charge in [-0.2, -0.15) is 0 Å². The first-order valence-electron chi connectivity index (χ1n) is 8.65. The third-order valence-corrected chi connectivity index (χ3v) is 5.01. The Morgan fingerprint density at radius 1 is 1.00 bits per heavy atom. The van der Waals surface area contributed by atoms with E-state index in [1.54, 1.807) is 56.4 Å². The van der Waals surface area contributed by atoms with Crippen LogP contribution in [0.3, 0.4) is 0 Å². The van der Waals surface area contributed by atoms with Crippen molar-refractivity contribution in [3.8, 4) is 17.2 Å². The first-order valence-corrected chi connectivity index (χ1v) is 9.06. The topological polar surface area (TPSA) is 51.2 Å². The van der Waals surface area contributed by atoms with Gasteiger partial charge in [0.25, 0.3) is 5.91 Å². The van der Waals surface area contributed by atoms with Crippen LogP contribution < -0.4 is 14.2 Å². The fourth-order valence-corrected chi connectivity index (χ4v) is 3.31. The summed E-state index contributed by atoms with van der Waals surface area (Å²) in [5, 5.41) is 0.465. The molecule has 1 aliphatic rings. The van der Waals surface area contributed by atoms with Crippen LogP contribution in [0.15, 0.2) is 48.2 Å². The molecule has 2 aromatic carbocycles. The molecule has 3 rings (SSSR count). The highest BCUT2D eigenvalue weighted by Gasteiger charge is 2.35. The van der Waals surface area contributed by atoms with Crippen LogP contribution in [0.25, 0.3) is 6.08 Å². The first kappa shape index (κ1) is 19.7. The Balaban J connectivity index is 1.96. The van der Waals surface area contributed by atoms with Crippen LogP contribution in [0.1, 0.15) is 11.1 Å². The smallest absolute Gasteiger partial charge is 0.277 e. The van der Waals surface area contributed by atoms with E-state index in [0.717, 1.165) is 11.1 Å². The van der Waals surface area contributed by atoms with Gasteiger partial charge in [-0.15, -0.1) is 0 Å². The molecular weight excluding hydrogens is 376 g/mol. The summed E-state index contributed by atoms with van der Waals surface area (Å²) in [5.41, 5.74) is 2.24. The molecule has 0 saturated carbocycles. The number of ether oxygens (including phenoxy) is 3. The summed E-state index contributed by atoms with van der Waals surface area (Å²) in [6, 6.07) is 13.3. The summed E-state index contributed by atoms with van der Waals surface area (Å²) in [5.74, 6) is 1.39. The molecule has 1 saturated heterocycles. The molecular formula is C21H22N2O4S. The van der Waals surface area contributed by atoms with E-state index in [2.05, 4.69) is 0 Å². The maximum Gasteiger partial charge on any atom is 0.277 e. The van der Waals surface area contributed by atoms with Crippen LogP contribution in [0, 0.1) is 0 Å². The normalized spacial score (nSPS) is 15.4. The molecule has 1 fully saturated rings. The van der Waals surface area contributed by atoms with Gasteiger partial charge in [0, 0.05) is 7.05 Å². The number of benzene rings is 2. The van der Waals surface area contributed by atoms with Crippen molar-refractivity contribution in [2.24, 2.45) is 0 Å². The molecule has 0 bridgehead atoms. The molecule has 28 heavy (non-hydrogen) atoms. The van der Waals surface area contributed by atoms with Crippen LogP contribution in [-0.2, 0) is 11.3 Å². The molecule has 0 aliphatic carbocycles. The van der Waals surface area contributed by atoms with Gasteiger partial charge in [0.1, 0.15) is 5.70 Å². The highest BCUT2D eigenvalue weighted by Crippen LogP contribution is 2.39. The van der Waals surface area contributed by atoms with E-state index in [0.29, 0.717) is 34.6 Å². The second kappa shape index (κ2) is 8.31. The van der Waals surface area contributed by atoms with Crippen molar-refractivity contribution in [3.63, 3.8) is 0 Å². The Morgan fingerprint density at radius 2 is 1.61 bits per heavy atom. The standard InChI is InChI=1S/C21H22N2O4S/c1-22-16(10-15-11-17(25-2)19(27-4)18(12-15)26-3)20(24)23(21(22)28)13-14-8-6-5-7-9-14/h5-12H,13H2,1-4H3/b16-10+. The summed E-state index contributed by atoms with van der Waals surface area (Å²) < 4.78 is 16.1. The zero-order valence-electron chi connectivity index (χ0n) is 16.3. The Kier molecular flexibility index (Phi) is 5.84. The van der Waals surface area contributed by atoms with Crippen LogP contribution in [0.4, 0.5) is 0 Å². The molecule has 6 nitrogen and oxygen atoms in total. The molecule has 1 aliphatic heterocycles. The number of rotatable bonds is 6. The van der Waals surface area contributed by atoms with E-state index in [-0.39, 0.29) is 5.91 Å². The van der Waals surface area contributed by atoms with Crippen molar-refractivity contribution < 1.29 is 19.0 Å². The summed E-state index contributed by atoms with van der Waals surface area (Å²) in [7, 11) is 6.44. The monoisotopic (exact) mass is 398 g/mol. The molecule has 0 spiro atoms. The summed E-state index contributed by atoms with van der Waals surface area (Å²) in [6.07, 6.45) is 1.77. The van der Waals surface area contributed by atoms with Gasteiger partial charge in [0.15, 0.2) is 16.6 Å². The van der Waals surface area contributed by atoms with Crippen LogP contribution in [0.2, 0.25) is 0 Å². The van der Waals surface area contributed by atoms with E-state index in [9.17, 15) is 4.79 Å². The molecule has 0 unspecified atom stereocenters. The highest BCUT2D eigenvalue weighted by atomic mass is 32.1. The lowest BCUT2D eigenvalue weighted by Gasteiger charge is -2.16. The Hall–Kier alpha value is -3.06. The minimum atomic E-state index is -0.148. The number of amides is 1. The number of nitrogens with zero attached hydrogens (tertiary/aromatic N) is 2. The summed E-state index contributed by atoms with van der Waals surface area (Å²) in [4.78, 5) is 16.3. The molecule has 1 amide bonds. The van der Waals surface area contributed by atoms with E-state index < -0.39 is 0 Å². The van der Waals surface area contributed by atoms with Crippen molar-refractivity contribution in [2.45, 2.75) is 6.54 Å². The second-order valence-corrected chi connectivity index (χ2v) is 6.57. The van der Waals surface area contributed by atoms with Gasteiger partial charge >= 0.3 is 0 Å². The van der Waals surface area contributed by atoms with Crippen molar-refractivity contribution in [1.29, 1.82) is 0 Å². The van der Waals surface area contributed by atoms with Crippen LogP contribution in [-0.4, -0.2) is 49.2 Å². The fraction of sp³-hybridized carbons (Fsp3) is 0.238. The van der Waals surface area contributed by atoms with Crippen molar-refractivity contribution in [3.05, 3.63) is 59.3 Å². The Morgan fingerprint density at radius 3 is 2.14 bits per heavy atom. The van der Waals surface area contributed by atoms with Gasteiger partial charge in [-0.1, -0.05) is 30.3 Å². The predicted octanol–water partition coefficient (Wildman–Crippen LogP) is 3.31. The molecule has 0 atom stereocenters. The number of hydrogen-bond donors (Lipinski definition) is 0.